The summed E-state index contributed by atoms with van der Waals surface area (Å²) in [5, 5.41) is 7.75. The number of benzene rings is 2. The first-order chi connectivity index (χ1) is 20.0. The molecule has 3 aromatic heterocycles. The molecule has 0 saturated carbocycles. The molecule has 0 bridgehead atoms. The molecule has 6 rings (SSSR count). The maximum absolute atomic E-state index is 14.2. The summed E-state index contributed by atoms with van der Waals surface area (Å²) < 4.78 is 91.0. The molecule has 2 atom stereocenters. The maximum atomic E-state index is 14.2. The second-order valence-electron chi connectivity index (χ2n) is 9.58. The van der Waals surface area contributed by atoms with Gasteiger partial charge in [-0.1, -0.05) is 30.3 Å². The van der Waals surface area contributed by atoms with Crippen molar-refractivity contribution in [2.24, 2.45) is 0 Å². The van der Waals surface area contributed by atoms with Crippen molar-refractivity contribution in [2.45, 2.75) is 30.9 Å². The van der Waals surface area contributed by atoms with Gasteiger partial charge in [0.25, 0.3) is 5.91 Å². The topological polar surface area (TPSA) is 77.5 Å². The van der Waals surface area contributed by atoms with E-state index >= 15 is 0 Å². The van der Waals surface area contributed by atoms with Gasteiger partial charge in [-0.2, -0.15) is 36.5 Å². The first-order valence-corrected chi connectivity index (χ1v) is 12.6. The summed E-state index contributed by atoms with van der Waals surface area (Å²) in [5.74, 6) is -0.576. The van der Waals surface area contributed by atoms with Crippen LogP contribution in [0.4, 0.5) is 32.2 Å². The van der Waals surface area contributed by atoms with E-state index in [-0.39, 0.29) is 17.2 Å². The van der Waals surface area contributed by atoms with E-state index in [9.17, 15) is 31.1 Å². The van der Waals surface area contributed by atoms with Crippen LogP contribution in [0.15, 0.2) is 79.0 Å². The monoisotopic (exact) mass is 586 g/mol. The zero-order chi connectivity index (χ0) is 29.8. The predicted octanol–water partition coefficient (Wildman–Crippen LogP) is 6.52. The van der Waals surface area contributed by atoms with Crippen LogP contribution in [0.3, 0.4) is 0 Å². The number of methoxy groups -OCH3 is 1. The quantitative estimate of drug-likeness (QED) is 0.224. The first kappa shape index (κ1) is 27.3. The lowest BCUT2D eigenvalue weighted by atomic mass is 9.94. The van der Waals surface area contributed by atoms with Crippen molar-refractivity contribution in [3.05, 3.63) is 95.9 Å². The molecule has 4 heterocycles. The molecule has 8 nitrogen and oxygen atoms in total. The van der Waals surface area contributed by atoms with Gasteiger partial charge in [0.15, 0.2) is 23.1 Å². The summed E-state index contributed by atoms with van der Waals surface area (Å²) in [6.07, 6.45) is -8.97. The molecular formula is C28H20F6N6O2. The van der Waals surface area contributed by atoms with Crippen molar-refractivity contribution in [1.29, 1.82) is 0 Å². The molecule has 0 radical (unpaired) electrons. The number of hydrogen-bond donors (Lipinski definition) is 0. The lowest BCUT2D eigenvalue weighted by Crippen LogP contribution is -2.45. The number of alkyl halides is 6. The maximum Gasteiger partial charge on any atom is 0.433 e. The van der Waals surface area contributed by atoms with E-state index in [1.807, 2.05) is 0 Å². The molecule has 0 unspecified atom stereocenters. The van der Waals surface area contributed by atoms with Gasteiger partial charge >= 0.3 is 12.4 Å². The fourth-order valence-electron chi connectivity index (χ4n) is 5.11. The van der Waals surface area contributed by atoms with Gasteiger partial charge in [-0.3, -0.25) is 9.69 Å². The highest BCUT2D eigenvalue weighted by Gasteiger charge is 2.50. The number of anilines is 1. The third-order valence-electron chi connectivity index (χ3n) is 7.05. The molecule has 5 aromatic rings. The zero-order valence-corrected chi connectivity index (χ0v) is 21.6. The average molecular weight is 586 g/mol. The largest absolute Gasteiger partial charge is 0.497 e. The van der Waals surface area contributed by atoms with Crippen molar-refractivity contribution >= 4 is 17.4 Å². The number of amides is 1. The minimum Gasteiger partial charge on any atom is -0.497 e. The molecule has 0 spiro atoms. The summed E-state index contributed by atoms with van der Waals surface area (Å²) in [7, 11) is 1.45. The van der Waals surface area contributed by atoms with E-state index in [4.69, 9.17) is 4.74 Å². The predicted molar refractivity (Wildman–Crippen MR) is 138 cm³/mol. The van der Waals surface area contributed by atoms with Crippen LogP contribution in [-0.2, 0) is 6.18 Å². The van der Waals surface area contributed by atoms with Crippen molar-refractivity contribution in [3.8, 4) is 17.0 Å². The molecule has 1 amide bonds. The van der Waals surface area contributed by atoms with Gasteiger partial charge in [-0.05, 0) is 35.9 Å². The van der Waals surface area contributed by atoms with Gasteiger partial charge in [0, 0.05) is 24.1 Å². The summed E-state index contributed by atoms with van der Waals surface area (Å²) >= 11 is 0. The highest BCUT2D eigenvalue weighted by atomic mass is 19.4. The fraction of sp³-hybridized carbons (Fsp3) is 0.214. The molecule has 42 heavy (non-hydrogen) atoms. The van der Waals surface area contributed by atoms with Crippen molar-refractivity contribution in [2.75, 3.05) is 12.0 Å². The normalized spacial score (nSPS) is 17.4. The molecular weight excluding hydrogens is 566 g/mol. The number of ether oxygens (including phenoxy) is 1. The molecule has 1 aliphatic heterocycles. The van der Waals surface area contributed by atoms with E-state index < -0.39 is 48.2 Å². The van der Waals surface area contributed by atoms with Crippen LogP contribution in [0.25, 0.3) is 16.9 Å². The Morgan fingerprint density at radius 3 is 2.31 bits per heavy atom. The summed E-state index contributed by atoms with van der Waals surface area (Å²) in [6.45, 7) is 0. The van der Waals surface area contributed by atoms with Crippen LogP contribution < -0.4 is 9.64 Å². The number of halogens is 6. The molecule has 14 heteroatoms. The van der Waals surface area contributed by atoms with Gasteiger partial charge in [-0.15, -0.1) is 0 Å². The highest BCUT2D eigenvalue weighted by molar-refractivity contribution is 6.05. The van der Waals surface area contributed by atoms with E-state index in [0.717, 1.165) is 23.2 Å². The van der Waals surface area contributed by atoms with Crippen LogP contribution >= 0.6 is 0 Å². The summed E-state index contributed by atoms with van der Waals surface area (Å²) in [5.41, 5.74) is -1.14. The van der Waals surface area contributed by atoms with E-state index in [2.05, 4.69) is 15.2 Å². The smallest absolute Gasteiger partial charge is 0.433 e. The second kappa shape index (κ2) is 9.89. The minimum absolute atomic E-state index is 0.0254. The van der Waals surface area contributed by atoms with Gasteiger partial charge in [0.2, 0.25) is 0 Å². The van der Waals surface area contributed by atoms with Gasteiger partial charge in [0.1, 0.15) is 11.6 Å². The Hall–Kier alpha value is -4.88. The highest BCUT2D eigenvalue weighted by Crippen LogP contribution is 2.47. The molecule has 0 fully saturated rings. The first-order valence-electron chi connectivity index (χ1n) is 12.6. The Morgan fingerprint density at radius 1 is 0.952 bits per heavy atom. The van der Waals surface area contributed by atoms with Crippen molar-refractivity contribution < 1.29 is 35.9 Å². The molecule has 0 N–H and O–H groups in total. The fourth-order valence-corrected chi connectivity index (χ4v) is 5.11. The molecule has 216 valence electrons. The Morgan fingerprint density at radius 2 is 1.67 bits per heavy atom. The van der Waals surface area contributed by atoms with Crippen LogP contribution in [0.2, 0.25) is 0 Å². The van der Waals surface area contributed by atoms with Crippen LogP contribution in [0.5, 0.6) is 5.75 Å². The Labute approximate surface area is 233 Å². The van der Waals surface area contributed by atoms with E-state index in [1.54, 1.807) is 42.5 Å². The average Bonchev–Trinajstić information content (AvgIpc) is 3.62. The van der Waals surface area contributed by atoms with Gasteiger partial charge in [-0.25, -0.2) is 14.2 Å². The van der Waals surface area contributed by atoms with Crippen LogP contribution in [0.1, 0.15) is 40.3 Å². The third-order valence-corrected chi connectivity index (χ3v) is 7.05. The number of carbonyl (C=O) groups is 1. The van der Waals surface area contributed by atoms with E-state index in [0.29, 0.717) is 26.1 Å². The van der Waals surface area contributed by atoms with Crippen molar-refractivity contribution in [3.63, 3.8) is 0 Å². The minimum atomic E-state index is -4.87. The zero-order valence-electron chi connectivity index (χ0n) is 21.6. The van der Waals surface area contributed by atoms with E-state index in [1.165, 1.54) is 25.3 Å². The number of rotatable bonds is 4. The number of nitrogens with zero attached hydrogens (tertiary/aromatic N) is 6. The number of fused-ring (bicyclic) bond motifs is 2. The SMILES string of the molecule is COc1ccc(-c2cc(C(F)(F)F)n3nc(C(=O)N4c5ccnn5[C@H](C(F)(F)F)C[C@@H]4c4ccccc4)cc3n2)cc1. The Balaban J connectivity index is 1.49. The van der Waals surface area contributed by atoms with Crippen LogP contribution in [-0.4, -0.2) is 43.6 Å². The number of aromatic nitrogens is 5. The third kappa shape index (κ3) is 4.72. The lowest BCUT2D eigenvalue weighted by molar-refractivity contribution is -0.174. The molecule has 2 aromatic carbocycles. The van der Waals surface area contributed by atoms with Gasteiger partial charge in [0.05, 0.1) is 25.0 Å². The lowest BCUT2D eigenvalue weighted by Gasteiger charge is -2.40. The second-order valence-corrected chi connectivity index (χ2v) is 9.58. The standard InChI is InChI=1S/C28H20F6N6O2/c1-42-18-9-7-16(8-10-18)19-13-22(27(29,30)31)39-24(36-19)14-20(37-39)26(41)38-21(17-5-3-2-4-6-17)15-23(28(32,33)34)40-25(38)11-12-35-40/h2-14,21,23H,15H2,1H3/t21-,23+/m1/s1. The summed E-state index contributed by atoms with van der Waals surface area (Å²) in [6, 6.07) is 14.3. The molecule has 1 aliphatic rings. The Kier molecular flexibility index (Phi) is 6.43. The number of carbonyl (C=O) groups excluding carboxylic acids is 1. The van der Waals surface area contributed by atoms with Crippen LogP contribution in [0, 0.1) is 0 Å². The molecule has 0 aliphatic carbocycles. The summed E-state index contributed by atoms with van der Waals surface area (Å²) in [4.78, 5) is 19.4. The number of hydrogen-bond acceptors (Lipinski definition) is 5. The Bertz CT molecular complexity index is 1760. The molecule has 0 saturated heterocycles. The van der Waals surface area contributed by atoms with Crippen molar-refractivity contribution in [1.82, 2.24) is 24.4 Å². The van der Waals surface area contributed by atoms with Gasteiger partial charge < -0.3 is 4.74 Å².